The van der Waals surface area contributed by atoms with Gasteiger partial charge in [-0.3, -0.25) is 0 Å². The standard InChI is InChI=1S/C15H12N4O2/c16-13-11-7-8(5-6-12(11)18-15(17)19-13)9-3-1-2-4-10(9)14(20)21/h1-7H,(H,20,21)(H4,16,17,18,19). The third kappa shape index (κ3) is 2.23. The van der Waals surface area contributed by atoms with Crippen LogP contribution in [0.5, 0.6) is 0 Å². The molecular formula is C15H12N4O2. The number of carbonyl (C=O) groups is 1. The van der Waals surface area contributed by atoms with Crippen molar-refractivity contribution in [2.24, 2.45) is 0 Å². The van der Waals surface area contributed by atoms with Crippen LogP contribution in [0.25, 0.3) is 22.0 Å². The quantitative estimate of drug-likeness (QED) is 0.662. The highest BCUT2D eigenvalue weighted by Gasteiger charge is 2.12. The summed E-state index contributed by atoms with van der Waals surface area (Å²) in [6.07, 6.45) is 0. The first-order chi connectivity index (χ1) is 10.1. The molecule has 0 saturated carbocycles. The van der Waals surface area contributed by atoms with E-state index >= 15 is 0 Å². The van der Waals surface area contributed by atoms with Crippen LogP contribution in [0.15, 0.2) is 42.5 Å². The molecule has 2 aromatic carbocycles. The van der Waals surface area contributed by atoms with Gasteiger partial charge in [0.15, 0.2) is 0 Å². The topological polar surface area (TPSA) is 115 Å². The molecule has 3 rings (SSSR count). The second-order valence-corrected chi connectivity index (χ2v) is 4.55. The molecule has 0 aliphatic heterocycles. The molecule has 1 heterocycles. The third-order valence-corrected chi connectivity index (χ3v) is 3.21. The largest absolute Gasteiger partial charge is 0.478 e. The van der Waals surface area contributed by atoms with Gasteiger partial charge in [0.1, 0.15) is 5.82 Å². The number of fused-ring (bicyclic) bond motifs is 1. The fourth-order valence-corrected chi connectivity index (χ4v) is 2.26. The number of hydrogen-bond acceptors (Lipinski definition) is 5. The Morgan fingerprint density at radius 1 is 1.05 bits per heavy atom. The molecule has 0 saturated heterocycles. The summed E-state index contributed by atoms with van der Waals surface area (Å²) in [6, 6.07) is 12.1. The Kier molecular flexibility index (Phi) is 2.91. The number of anilines is 2. The van der Waals surface area contributed by atoms with Crippen LogP contribution in [0.4, 0.5) is 11.8 Å². The van der Waals surface area contributed by atoms with Gasteiger partial charge in [0.05, 0.1) is 11.1 Å². The SMILES string of the molecule is Nc1nc(N)c2cc(-c3ccccc3C(=O)O)ccc2n1. The third-order valence-electron chi connectivity index (χ3n) is 3.21. The van der Waals surface area contributed by atoms with Gasteiger partial charge in [0, 0.05) is 5.39 Å². The molecule has 3 aromatic rings. The number of carboxylic acid groups (broad SMARTS) is 1. The molecule has 1 aromatic heterocycles. The molecule has 0 unspecified atom stereocenters. The Bertz CT molecular complexity index is 861. The molecule has 5 N–H and O–H groups in total. The van der Waals surface area contributed by atoms with Gasteiger partial charge in [-0.15, -0.1) is 0 Å². The number of nitrogens with zero attached hydrogens (tertiary/aromatic N) is 2. The number of carboxylic acids is 1. The Morgan fingerprint density at radius 3 is 2.57 bits per heavy atom. The fraction of sp³-hybridized carbons (Fsp3) is 0. The molecule has 0 amide bonds. The average molecular weight is 280 g/mol. The lowest BCUT2D eigenvalue weighted by molar-refractivity contribution is 0.0697. The van der Waals surface area contributed by atoms with Gasteiger partial charge in [-0.05, 0) is 29.3 Å². The number of nitrogen functional groups attached to an aromatic ring is 2. The van der Waals surface area contributed by atoms with Crippen molar-refractivity contribution in [3.63, 3.8) is 0 Å². The van der Waals surface area contributed by atoms with E-state index in [4.69, 9.17) is 11.5 Å². The number of benzene rings is 2. The second kappa shape index (κ2) is 4.75. The molecule has 6 heteroatoms. The van der Waals surface area contributed by atoms with Crippen LogP contribution in [0.3, 0.4) is 0 Å². The smallest absolute Gasteiger partial charge is 0.336 e. The summed E-state index contributed by atoms with van der Waals surface area (Å²) in [5.41, 5.74) is 13.6. The molecule has 0 bridgehead atoms. The van der Waals surface area contributed by atoms with Gasteiger partial charge in [-0.25, -0.2) is 9.78 Å². The second-order valence-electron chi connectivity index (χ2n) is 4.55. The fourth-order valence-electron chi connectivity index (χ4n) is 2.26. The molecule has 0 radical (unpaired) electrons. The molecule has 0 aliphatic carbocycles. The van der Waals surface area contributed by atoms with Gasteiger partial charge in [-0.2, -0.15) is 4.98 Å². The lowest BCUT2D eigenvalue weighted by Crippen LogP contribution is -2.01. The molecule has 21 heavy (non-hydrogen) atoms. The summed E-state index contributed by atoms with van der Waals surface area (Å²) in [4.78, 5) is 19.3. The number of hydrogen-bond donors (Lipinski definition) is 3. The van der Waals surface area contributed by atoms with Crippen molar-refractivity contribution in [1.29, 1.82) is 0 Å². The summed E-state index contributed by atoms with van der Waals surface area (Å²) in [5, 5.41) is 9.91. The molecule has 0 spiro atoms. The number of rotatable bonds is 2. The van der Waals surface area contributed by atoms with E-state index in [2.05, 4.69) is 9.97 Å². The van der Waals surface area contributed by atoms with Crippen LogP contribution in [-0.2, 0) is 0 Å². The number of nitrogens with two attached hydrogens (primary N) is 2. The maximum absolute atomic E-state index is 11.3. The van der Waals surface area contributed by atoms with E-state index in [1.807, 2.05) is 0 Å². The zero-order chi connectivity index (χ0) is 15.0. The highest BCUT2D eigenvalue weighted by Crippen LogP contribution is 2.28. The minimum absolute atomic E-state index is 0.110. The van der Waals surface area contributed by atoms with Crippen molar-refractivity contribution in [3.8, 4) is 11.1 Å². The van der Waals surface area contributed by atoms with E-state index in [1.54, 1.807) is 42.5 Å². The zero-order valence-corrected chi connectivity index (χ0v) is 10.9. The van der Waals surface area contributed by atoms with E-state index < -0.39 is 5.97 Å². The van der Waals surface area contributed by atoms with Crippen molar-refractivity contribution >= 4 is 28.6 Å². The Labute approximate surface area is 120 Å². The lowest BCUT2D eigenvalue weighted by atomic mass is 9.98. The highest BCUT2D eigenvalue weighted by atomic mass is 16.4. The van der Waals surface area contributed by atoms with Gasteiger partial charge in [-0.1, -0.05) is 24.3 Å². The Balaban J connectivity index is 2.25. The van der Waals surface area contributed by atoms with Gasteiger partial charge >= 0.3 is 5.97 Å². The molecular weight excluding hydrogens is 268 g/mol. The maximum Gasteiger partial charge on any atom is 0.336 e. The van der Waals surface area contributed by atoms with Crippen molar-refractivity contribution in [2.45, 2.75) is 0 Å². The maximum atomic E-state index is 11.3. The van der Waals surface area contributed by atoms with Crippen LogP contribution in [0.1, 0.15) is 10.4 Å². The van der Waals surface area contributed by atoms with Gasteiger partial charge < -0.3 is 16.6 Å². The van der Waals surface area contributed by atoms with Crippen molar-refractivity contribution in [3.05, 3.63) is 48.0 Å². The minimum Gasteiger partial charge on any atom is -0.478 e. The summed E-state index contributed by atoms with van der Waals surface area (Å²) in [6.45, 7) is 0. The summed E-state index contributed by atoms with van der Waals surface area (Å²) < 4.78 is 0. The van der Waals surface area contributed by atoms with Crippen molar-refractivity contribution < 1.29 is 9.90 Å². The van der Waals surface area contributed by atoms with Crippen molar-refractivity contribution in [1.82, 2.24) is 9.97 Å². The van der Waals surface area contributed by atoms with E-state index in [0.717, 1.165) is 5.56 Å². The molecule has 0 fully saturated rings. The summed E-state index contributed by atoms with van der Waals surface area (Å²) in [7, 11) is 0. The molecule has 0 atom stereocenters. The van der Waals surface area contributed by atoms with Crippen LogP contribution in [0.2, 0.25) is 0 Å². The monoisotopic (exact) mass is 280 g/mol. The zero-order valence-electron chi connectivity index (χ0n) is 10.9. The number of aromatic carboxylic acids is 1. The minimum atomic E-state index is -0.979. The lowest BCUT2D eigenvalue weighted by Gasteiger charge is -2.08. The molecule has 104 valence electrons. The van der Waals surface area contributed by atoms with E-state index in [1.165, 1.54) is 0 Å². The first-order valence-electron chi connectivity index (χ1n) is 6.21. The summed E-state index contributed by atoms with van der Waals surface area (Å²) in [5.74, 6) is -0.599. The summed E-state index contributed by atoms with van der Waals surface area (Å²) >= 11 is 0. The molecule has 6 nitrogen and oxygen atoms in total. The van der Waals surface area contributed by atoms with E-state index in [0.29, 0.717) is 16.5 Å². The number of aromatic nitrogens is 2. The van der Waals surface area contributed by atoms with E-state index in [9.17, 15) is 9.90 Å². The predicted molar refractivity (Wildman–Crippen MR) is 80.8 cm³/mol. The normalized spacial score (nSPS) is 10.7. The van der Waals surface area contributed by atoms with Crippen LogP contribution >= 0.6 is 0 Å². The Hall–Kier alpha value is -3.15. The van der Waals surface area contributed by atoms with E-state index in [-0.39, 0.29) is 17.3 Å². The molecule has 0 aliphatic rings. The first-order valence-corrected chi connectivity index (χ1v) is 6.21. The Morgan fingerprint density at radius 2 is 1.81 bits per heavy atom. The average Bonchev–Trinajstić information content (AvgIpc) is 2.47. The van der Waals surface area contributed by atoms with Crippen LogP contribution in [-0.4, -0.2) is 21.0 Å². The van der Waals surface area contributed by atoms with Crippen LogP contribution in [0, 0.1) is 0 Å². The van der Waals surface area contributed by atoms with Crippen molar-refractivity contribution in [2.75, 3.05) is 11.5 Å². The highest BCUT2D eigenvalue weighted by molar-refractivity contribution is 5.99. The van der Waals surface area contributed by atoms with Crippen LogP contribution < -0.4 is 11.5 Å². The van der Waals surface area contributed by atoms with Gasteiger partial charge in [0.2, 0.25) is 5.95 Å². The van der Waals surface area contributed by atoms with Gasteiger partial charge in [0.25, 0.3) is 0 Å². The predicted octanol–water partition coefficient (Wildman–Crippen LogP) is 2.16. The first kappa shape index (κ1) is 12.9.